The Kier molecular flexibility index (Phi) is 3.10. The van der Waals surface area contributed by atoms with Crippen LogP contribution in [0.15, 0.2) is 11.1 Å². The third-order valence-corrected chi connectivity index (χ3v) is 3.63. The monoisotopic (exact) mass is 175 g/mol. The average Bonchev–Trinajstić information content (AvgIpc) is 1.87. The molecule has 0 aliphatic heterocycles. The molecule has 11 heavy (non-hydrogen) atoms. The average molecular weight is 175 g/mol. The molecule has 1 heteroatoms. The summed E-state index contributed by atoms with van der Waals surface area (Å²) in [6, 6.07) is 0. The fourth-order valence-corrected chi connectivity index (χ4v) is 2.61. The molecule has 0 aromatic heterocycles. The molecule has 3 rings (SSSR count). The topological polar surface area (TPSA) is 0 Å². The van der Waals surface area contributed by atoms with E-state index in [4.69, 9.17) is 0 Å². The molecular formula is C10H16K. The molecule has 0 nitrogen and oxygen atoms in total. The summed E-state index contributed by atoms with van der Waals surface area (Å²) in [5.41, 5.74) is 4.04. The summed E-state index contributed by atoms with van der Waals surface area (Å²) in [6.07, 6.45) is 4.24. The first-order valence-electron chi connectivity index (χ1n) is 4.31. The zero-order valence-electron chi connectivity index (χ0n) is 8.20. The summed E-state index contributed by atoms with van der Waals surface area (Å²) in [6.45, 7) is 7.12. The predicted molar refractivity (Wildman–Crippen MR) is 49.6 cm³/mol. The molecule has 0 heterocycles. The first-order valence-corrected chi connectivity index (χ1v) is 4.31. The van der Waals surface area contributed by atoms with Crippen molar-refractivity contribution in [3.05, 3.63) is 11.1 Å². The van der Waals surface area contributed by atoms with Gasteiger partial charge in [0.1, 0.15) is 0 Å². The van der Waals surface area contributed by atoms with E-state index in [1.807, 2.05) is 0 Å². The Balaban J connectivity index is 0.000000605. The standard InChI is InChI=1S/C10H16.K/c1-7-4-5-8-6-9(7)10(8,2)3;/h8H,4-6H2,1-3H3;. The van der Waals surface area contributed by atoms with Gasteiger partial charge < -0.3 is 0 Å². The molecule has 2 bridgehead atoms. The summed E-state index contributed by atoms with van der Waals surface area (Å²) < 4.78 is 0. The van der Waals surface area contributed by atoms with Gasteiger partial charge in [0.15, 0.2) is 0 Å². The minimum Gasteiger partial charge on any atom is -0.0735 e. The molecule has 0 aromatic carbocycles. The van der Waals surface area contributed by atoms with Gasteiger partial charge in [-0.2, -0.15) is 0 Å². The summed E-state index contributed by atoms with van der Waals surface area (Å²) in [5.74, 6) is 1.02. The Hall–Kier alpha value is 1.38. The first-order chi connectivity index (χ1) is 4.62. The van der Waals surface area contributed by atoms with Crippen LogP contribution in [0.3, 0.4) is 0 Å². The molecule has 0 aromatic rings. The van der Waals surface area contributed by atoms with Crippen molar-refractivity contribution < 1.29 is 0 Å². The van der Waals surface area contributed by atoms with Crippen molar-refractivity contribution in [1.29, 1.82) is 0 Å². The van der Waals surface area contributed by atoms with E-state index < -0.39 is 0 Å². The maximum atomic E-state index is 2.40. The Morgan fingerprint density at radius 2 is 2.00 bits per heavy atom. The molecular weight excluding hydrogens is 159 g/mol. The molecule has 1 unspecified atom stereocenters. The largest absolute Gasteiger partial charge is 0.0735 e. The summed E-state index contributed by atoms with van der Waals surface area (Å²) in [5, 5.41) is 0. The zero-order valence-corrected chi connectivity index (χ0v) is 11.3. The van der Waals surface area contributed by atoms with Gasteiger partial charge in [0, 0.05) is 51.4 Å². The maximum absolute atomic E-state index is 2.40. The fourth-order valence-electron chi connectivity index (χ4n) is 2.61. The number of fused-ring (bicyclic) bond motifs is 2. The fraction of sp³-hybridized carbons (Fsp3) is 0.800. The summed E-state index contributed by atoms with van der Waals surface area (Å²) >= 11 is 0. The first kappa shape index (κ1) is 10.5. The molecule has 0 amide bonds. The Morgan fingerprint density at radius 1 is 1.36 bits per heavy atom. The van der Waals surface area contributed by atoms with Crippen molar-refractivity contribution in [2.24, 2.45) is 11.3 Å². The van der Waals surface area contributed by atoms with Crippen LogP contribution in [0.4, 0.5) is 0 Å². The number of hydrogen-bond donors (Lipinski definition) is 0. The van der Waals surface area contributed by atoms with Crippen molar-refractivity contribution in [3.8, 4) is 0 Å². The second kappa shape index (κ2) is 3.26. The van der Waals surface area contributed by atoms with Crippen molar-refractivity contribution in [2.75, 3.05) is 0 Å². The van der Waals surface area contributed by atoms with Crippen LogP contribution >= 0.6 is 0 Å². The smallest absolute Gasteiger partial charge is 0 e. The van der Waals surface area contributed by atoms with Gasteiger partial charge in [0.05, 0.1) is 0 Å². The maximum Gasteiger partial charge on any atom is 0 e. The van der Waals surface area contributed by atoms with Gasteiger partial charge in [-0.1, -0.05) is 25.0 Å². The van der Waals surface area contributed by atoms with Gasteiger partial charge >= 0.3 is 0 Å². The van der Waals surface area contributed by atoms with Crippen LogP contribution in [-0.4, -0.2) is 51.4 Å². The molecule has 1 atom stereocenters. The van der Waals surface area contributed by atoms with Crippen LogP contribution < -0.4 is 0 Å². The van der Waals surface area contributed by atoms with Gasteiger partial charge in [-0.3, -0.25) is 0 Å². The Labute approximate surface area is 112 Å². The van der Waals surface area contributed by atoms with E-state index in [0.717, 1.165) is 5.92 Å². The van der Waals surface area contributed by atoms with Crippen molar-refractivity contribution >= 4 is 51.4 Å². The molecule has 1 radical (unpaired) electrons. The SMILES string of the molecule is CC1=C2CC(CC1)C2(C)C.[K]. The van der Waals surface area contributed by atoms with Crippen LogP contribution in [-0.2, 0) is 0 Å². The molecule has 1 saturated carbocycles. The number of allylic oxidation sites excluding steroid dienone is 2. The number of hydrogen-bond acceptors (Lipinski definition) is 0. The van der Waals surface area contributed by atoms with E-state index in [1.165, 1.54) is 19.3 Å². The van der Waals surface area contributed by atoms with E-state index in [2.05, 4.69) is 20.8 Å². The van der Waals surface area contributed by atoms with Gasteiger partial charge in [-0.05, 0) is 37.5 Å². The van der Waals surface area contributed by atoms with Crippen LogP contribution in [0.1, 0.15) is 40.0 Å². The van der Waals surface area contributed by atoms with E-state index in [1.54, 1.807) is 11.1 Å². The minimum absolute atomic E-state index is 0. The van der Waals surface area contributed by atoms with Crippen LogP contribution in [0.25, 0.3) is 0 Å². The van der Waals surface area contributed by atoms with E-state index in [-0.39, 0.29) is 51.4 Å². The predicted octanol–water partition coefficient (Wildman–Crippen LogP) is 2.76. The second-order valence-electron chi connectivity index (χ2n) is 4.42. The Bertz CT molecular complexity index is 201. The van der Waals surface area contributed by atoms with Gasteiger partial charge in [0.25, 0.3) is 0 Å². The van der Waals surface area contributed by atoms with E-state index >= 15 is 0 Å². The van der Waals surface area contributed by atoms with Crippen LogP contribution in [0.5, 0.6) is 0 Å². The Morgan fingerprint density at radius 3 is 2.27 bits per heavy atom. The minimum atomic E-state index is 0. The molecule has 1 fully saturated rings. The quantitative estimate of drug-likeness (QED) is 0.392. The molecule has 0 saturated heterocycles. The van der Waals surface area contributed by atoms with Gasteiger partial charge in [0.2, 0.25) is 0 Å². The molecule has 57 valence electrons. The normalized spacial score (nSPS) is 32.5. The third kappa shape index (κ3) is 1.44. The van der Waals surface area contributed by atoms with Crippen molar-refractivity contribution in [1.82, 2.24) is 0 Å². The molecule has 0 N–H and O–H groups in total. The van der Waals surface area contributed by atoms with Crippen LogP contribution in [0, 0.1) is 11.3 Å². The van der Waals surface area contributed by atoms with Crippen molar-refractivity contribution in [2.45, 2.75) is 40.0 Å². The third-order valence-electron chi connectivity index (χ3n) is 3.63. The number of rotatable bonds is 0. The summed E-state index contributed by atoms with van der Waals surface area (Å²) in [4.78, 5) is 0. The van der Waals surface area contributed by atoms with Crippen LogP contribution in [0.2, 0.25) is 0 Å². The molecule has 3 aliphatic carbocycles. The summed E-state index contributed by atoms with van der Waals surface area (Å²) in [7, 11) is 0. The van der Waals surface area contributed by atoms with E-state index in [0.29, 0.717) is 5.41 Å². The van der Waals surface area contributed by atoms with Gasteiger partial charge in [-0.15, -0.1) is 0 Å². The molecule has 0 spiro atoms. The van der Waals surface area contributed by atoms with Gasteiger partial charge in [-0.25, -0.2) is 0 Å². The molecule has 3 aliphatic rings. The second-order valence-corrected chi connectivity index (χ2v) is 4.42. The van der Waals surface area contributed by atoms with E-state index in [9.17, 15) is 0 Å². The van der Waals surface area contributed by atoms with Crippen molar-refractivity contribution in [3.63, 3.8) is 0 Å². The zero-order chi connectivity index (χ0) is 7.35.